The highest BCUT2D eigenvalue weighted by atomic mass is 19.4. The van der Waals surface area contributed by atoms with Crippen molar-refractivity contribution in [3.8, 4) is 11.4 Å². The van der Waals surface area contributed by atoms with Crippen molar-refractivity contribution in [2.45, 2.75) is 6.18 Å². The topological polar surface area (TPSA) is 38.9 Å². The van der Waals surface area contributed by atoms with E-state index >= 15 is 0 Å². The quantitative estimate of drug-likeness (QED) is 0.732. The van der Waals surface area contributed by atoms with E-state index in [1.807, 2.05) is 0 Å². The van der Waals surface area contributed by atoms with Crippen molar-refractivity contribution in [3.63, 3.8) is 0 Å². The van der Waals surface area contributed by atoms with E-state index in [0.29, 0.717) is 5.69 Å². The van der Waals surface area contributed by atoms with Crippen LogP contribution >= 0.6 is 0 Å². The summed E-state index contributed by atoms with van der Waals surface area (Å²) in [4.78, 5) is 3.85. The number of hydrogen-bond donors (Lipinski definition) is 0. The Labute approximate surface area is 82.5 Å². The maximum Gasteiger partial charge on any atom is 0.452 e. The molecule has 0 saturated heterocycles. The van der Waals surface area contributed by atoms with Crippen LogP contribution in [0, 0.1) is 0 Å². The van der Waals surface area contributed by atoms with Crippen LogP contribution in [0.15, 0.2) is 35.0 Å². The van der Waals surface area contributed by atoms with Crippen LogP contribution < -0.4 is 0 Å². The average Bonchev–Trinajstić information content (AvgIpc) is 2.67. The molecule has 0 aliphatic rings. The number of nitrogens with zero attached hydrogens (tertiary/aromatic N) is 2. The second kappa shape index (κ2) is 3.38. The molecule has 2 aromatic rings. The predicted molar refractivity (Wildman–Crippen MR) is 44.7 cm³/mol. The number of aromatic nitrogens is 2. The van der Waals surface area contributed by atoms with Crippen LogP contribution in [0.1, 0.15) is 5.76 Å². The highest BCUT2D eigenvalue weighted by Gasteiger charge is 2.36. The Balaban J connectivity index is 2.37. The third kappa shape index (κ3) is 1.98. The van der Waals surface area contributed by atoms with E-state index in [2.05, 4.69) is 14.7 Å². The first kappa shape index (κ1) is 9.70. The summed E-state index contributed by atoms with van der Waals surface area (Å²) in [5.41, 5.74) is 0.416. The van der Waals surface area contributed by atoms with Gasteiger partial charge >= 0.3 is 6.18 Å². The van der Waals surface area contributed by atoms with E-state index in [9.17, 15) is 13.2 Å². The Hall–Kier alpha value is -1.85. The summed E-state index contributed by atoms with van der Waals surface area (Å²) in [7, 11) is 0. The number of alkyl halides is 3. The van der Waals surface area contributed by atoms with E-state index in [1.54, 1.807) is 18.2 Å². The minimum Gasteiger partial charge on any atom is -0.351 e. The van der Waals surface area contributed by atoms with Gasteiger partial charge in [0.2, 0.25) is 5.76 Å². The molecule has 6 heteroatoms. The molecule has 2 heterocycles. The highest BCUT2D eigenvalue weighted by Crippen LogP contribution is 2.31. The molecule has 0 saturated carbocycles. The first-order valence-electron chi connectivity index (χ1n) is 4.03. The van der Waals surface area contributed by atoms with Gasteiger partial charge in [-0.05, 0) is 12.1 Å². The van der Waals surface area contributed by atoms with Gasteiger partial charge in [-0.15, -0.1) is 0 Å². The molecule has 0 spiro atoms. The number of pyridine rings is 1. The van der Waals surface area contributed by atoms with Crippen molar-refractivity contribution in [1.29, 1.82) is 0 Å². The fourth-order valence-corrected chi connectivity index (χ4v) is 1.04. The van der Waals surface area contributed by atoms with E-state index < -0.39 is 11.9 Å². The lowest BCUT2D eigenvalue weighted by molar-refractivity contribution is -0.155. The van der Waals surface area contributed by atoms with Crippen molar-refractivity contribution in [3.05, 3.63) is 36.2 Å². The van der Waals surface area contributed by atoms with Crippen LogP contribution in [-0.4, -0.2) is 10.1 Å². The lowest BCUT2D eigenvalue weighted by atomic mass is 10.2. The van der Waals surface area contributed by atoms with Crippen LogP contribution in [0.4, 0.5) is 13.2 Å². The normalized spacial score (nSPS) is 11.7. The first-order valence-corrected chi connectivity index (χ1v) is 4.03. The van der Waals surface area contributed by atoms with Gasteiger partial charge in [0.25, 0.3) is 0 Å². The smallest absolute Gasteiger partial charge is 0.351 e. The fraction of sp³-hybridized carbons (Fsp3) is 0.111. The molecule has 0 amide bonds. The summed E-state index contributed by atoms with van der Waals surface area (Å²) in [6.45, 7) is 0. The molecule has 78 valence electrons. The largest absolute Gasteiger partial charge is 0.452 e. The zero-order chi connectivity index (χ0) is 10.9. The zero-order valence-electron chi connectivity index (χ0n) is 7.32. The van der Waals surface area contributed by atoms with Gasteiger partial charge in [-0.2, -0.15) is 13.2 Å². The van der Waals surface area contributed by atoms with Gasteiger partial charge in [0, 0.05) is 12.3 Å². The van der Waals surface area contributed by atoms with Crippen molar-refractivity contribution in [2.24, 2.45) is 0 Å². The Morgan fingerprint density at radius 3 is 2.47 bits per heavy atom. The minimum absolute atomic E-state index is 0.0722. The van der Waals surface area contributed by atoms with Crippen molar-refractivity contribution in [1.82, 2.24) is 10.1 Å². The number of hydrogen-bond acceptors (Lipinski definition) is 3. The third-order valence-electron chi connectivity index (χ3n) is 1.72. The molecular formula is C9H5F3N2O. The average molecular weight is 214 g/mol. The minimum atomic E-state index is -4.51. The summed E-state index contributed by atoms with van der Waals surface area (Å²) in [5.74, 6) is -1.12. The van der Waals surface area contributed by atoms with Gasteiger partial charge < -0.3 is 4.52 Å². The Morgan fingerprint density at radius 1 is 1.13 bits per heavy atom. The van der Waals surface area contributed by atoms with Gasteiger partial charge in [-0.25, -0.2) is 0 Å². The summed E-state index contributed by atoms with van der Waals surface area (Å²) in [5, 5.41) is 3.30. The monoisotopic (exact) mass is 214 g/mol. The van der Waals surface area contributed by atoms with Crippen LogP contribution in [0.2, 0.25) is 0 Å². The molecule has 0 unspecified atom stereocenters. The molecule has 0 fully saturated rings. The van der Waals surface area contributed by atoms with E-state index in [-0.39, 0.29) is 5.69 Å². The van der Waals surface area contributed by atoms with Gasteiger partial charge in [0.15, 0.2) is 0 Å². The zero-order valence-corrected chi connectivity index (χ0v) is 7.32. The molecule has 2 aromatic heterocycles. The summed E-state index contributed by atoms with van der Waals surface area (Å²) in [6, 6.07) is 5.69. The van der Waals surface area contributed by atoms with Gasteiger partial charge in [-0.1, -0.05) is 11.2 Å². The molecule has 0 aliphatic heterocycles. The van der Waals surface area contributed by atoms with Crippen molar-refractivity contribution in [2.75, 3.05) is 0 Å². The Bertz CT molecular complexity index is 450. The molecular weight excluding hydrogens is 209 g/mol. The van der Waals surface area contributed by atoms with Crippen molar-refractivity contribution < 1.29 is 17.7 Å². The van der Waals surface area contributed by atoms with Crippen LogP contribution in [0.5, 0.6) is 0 Å². The molecule has 3 nitrogen and oxygen atoms in total. The number of rotatable bonds is 1. The molecule has 0 aliphatic carbocycles. The van der Waals surface area contributed by atoms with Gasteiger partial charge in [0.05, 0.1) is 5.69 Å². The predicted octanol–water partition coefficient (Wildman–Crippen LogP) is 2.76. The lowest BCUT2D eigenvalue weighted by Gasteiger charge is -1.97. The molecule has 0 atom stereocenters. The third-order valence-corrected chi connectivity index (χ3v) is 1.72. The maximum absolute atomic E-state index is 12.2. The standard InChI is InChI=1S/C9H5F3N2O/c10-9(11,12)8-5-7(14-15-8)6-3-1-2-4-13-6/h1-5H. The van der Waals surface area contributed by atoms with Gasteiger partial charge in [0.1, 0.15) is 5.69 Å². The molecule has 15 heavy (non-hydrogen) atoms. The summed E-state index contributed by atoms with van der Waals surface area (Å²) in [6.07, 6.45) is -3.04. The second-order valence-electron chi connectivity index (χ2n) is 2.79. The molecule has 2 rings (SSSR count). The fourth-order valence-electron chi connectivity index (χ4n) is 1.04. The SMILES string of the molecule is FC(F)(F)c1cc(-c2ccccn2)no1. The van der Waals surface area contributed by atoms with Crippen LogP contribution in [0.3, 0.4) is 0 Å². The maximum atomic E-state index is 12.2. The summed E-state index contributed by atoms with van der Waals surface area (Å²) >= 11 is 0. The Kier molecular flexibility index (Phi) is 2.18. The molecule has 0 aromatic carbocycles. The van der Waals surface area contributed by atoms with Crippen LogP contribution in [-0.2, 0) is 6.18 Å². The summed E-state index contributed by atoms with van der Waals surface area (Å²) < 4.78 is 40.7. The molecule has 0 bridgehead atoms. The Morgan fingerprint density at radius 2 is 1.93 bits per heavy atom. The van der Waals surface area contributed by atoms with E-state index in [1.165, 1.54) is 6.20 Å². The first-order chi connectivity index (χ1) is 7.07. The van der Waals surface area contributed by atoms with Crippen molar-refractivity contribution >= 4 is 0 Å². The number of halogens is 3. The van der Waals surface area contributed by atoms with Crippen LogP contribution in [0.25, 0.3) is 11.4 Å². The lowest BCUT2D eigenvalue weighted by Crippen LogP contribution is -2.02. The highest BCUT2D eigenvalue weighted by molar-refractivity contribution is 5.53. The molecule has 0 N–H and O–H groups in total. The van der Waals surface area contributed by atoms with E-state index in [4.69, 9.17) is 0 Å². The molecule has 0 radical (unpaired) electrons. The van der Waals surface area contributed by atoms with E-state index in [0.717, 1.165) is 6.07 Å². The second-order valence-corrected chi connectivity index (χ2v) is 2.79. The van der Waals surface area contributed by atoms with Gasteiger partial charge in [-0.3, -0.25) is 4.98 Å².